The van der Waals surface area contributed by atoms with Crippen LogP contribution in [0.4, 0.5) is 5.69 Å². The normalized spacial score (nSPS) is 12.0. The molecule has 0 spiro atoms. The molecule has 0 heterocycles. The lowest BCUT2D eigenvalue weighted by Gasteiger charge is -2.33. The molecule has 1 atom stereocenters. The highest BCUT2D eigenvalue weighted by atomic mass is 32.2. The minimum absolute atomic E-state index is 0.105. The molecule has 1 N–H and O–H groups in total. The van der Waals surface area contributed by atoms with E-state index in [0.717, 1.165) is 28.7 Å². The molecule has 214 valence electrons. The third-order valence-electron chi connectivity index (χ3n) is 6.80. The fourth-order valence-corrected chi connectivity index (χ4v) is 6.12. The van der Waals surface area contributed by atoms with E-state index in [4.69, 9.17) is 0 Å². The van der Waals surface area contributed by atoms with Crippen molar-refractivity contribution in [1.29, 1.82) is 0 Å². The number of hydrogen-bond donors (Lipinski definition) is 1. The molecule has 3 aromatic rings. The highest BCUT2D eigenvalue weighted by Crippen LogP contribution is 2.27. The molecule has 8 heteroatoms. The SMILES string of the molecule is CCCNC(=O)[C@H](CC)N(CCc1ccccc1)C(=O)CN(c1cc(C)cc(C)c1)S(=O)(=O)c1ccc(C)cc1. The Morgan fingerprint density at radius 2 is 1.48 bits per heavy atom. The van der Waals surface area contributed by atoms with E-state index >= 15 is 0 Å². The fourth-order valence-electron chi connectivity index (χ4n) is 4.72. The number of amides is 2. The number of benzene rings is 3. The van der Waals surface area contributed by atoms with Crippen molar-refractivity contribution in [3.63, 3.8) is 0 Å². The van der Waals surface area contributed by atoms with Crippen molar-refractivity contribution in [1.82, 2.24) is 10.2 Å². The zero-order chi connectivity index (χ0) is 29.3. The second-order valence-corrected chi connectivity index (χ2v) is 12.1. The molecule has 0 aliphatic carbocycles. The summed E-state index contributed by atoms with van der Waals surface area (Å²) in [4.78, 5) is 28.9. The van der Waals surface area contributed by atoms with E-state index in [2.05, 4.69) is 5.32 Å². The van der Waals surface area contributed by atoms with Crippen LogP contribution < -0.4 is 9.62 Å². The number of sulfonamides is 1. The summed E-state index contributed by atoms with van der Waals surface area (Å²) in [5.74, 6) is -0.658. The first-order valence-electron chi connectivity index (χ1n) is 13.9. The second kappa shape index (κ2) is 14.1. The fraction of sp³-hybridized carbons (Fsp3) is 0.375. The van der Waals surface area contributed by atoms with Crippen LogP contribution in [0.3, 0.4) is 0 Å². The third kappa shape index (κ3) is 7.94. The zero-order valence-electron chi connectivity index (χ0n) is 24.2. The van der Waals surface area contributed by atoms with Crippen molar-refractivity contribution in [3.05, 3.63) is 95.1 Å². The monoisotopic (exact) mass is 563 g/mol. The van der Waals surface area contributed by atoms with Crippen LogP contribution in [0.25, 0.3) is 0 Å². The van der Waals surface area contributed by atoms with Crippen molar-refractivity contribution in [2.24, 2.45) is 0 Å². The van der Waals surface area contributed by atoms with Crippen LogP contribution in [0.1, 0.15) is 48.9 Å². The Bertz CT molecular complexity index is 1370. The predicted molar refractivity (Wildman–Crippen MR) is 161 cm³/mol. The molecule has 0 unspecified atom stereocenters. The van der Waals surface area contributed by atoms with Gasteiger partial charge in [0.1, 0.15) is 12.6 Å². The van der Waals surface area contributed by atoms with Gasteiger partial charge < -0.3 is 10.2 Å². The minimum atomic E-state index is -4.08. The maximum atomic E-state index is 14.1. The van der Waals surface area contributed by atoms with E-state index < -0.39 is 28.5 Å². The van der Waals surface area contributed by atoms with Crippen LogP contribution in [0.2, 0.25) is 0 Å². The number of rotatable bonds is 13. The number of anilines is 1. The van der Waals surface area contributed by atoms with Crippen molar-refractivity contribution < 1.29 is 18.0 Å². The van der Waals surface area contributed by atoms with Gasteiger partial charge in [0, 0.05) is 13.1 Å². The molecule has 3 rings (SSSR count). The Morgan fingerprint density at radius 3 is 2.05 bits per heavy atom. The van der Waals surface area contributed by atoms with Gasteiger partial charge >= 0.3 is 0 Å². The number of carbonyl (C=O) groups is 2. The molecule has 0 saturated carbocycles. The van der Waals surface area contributed by atoms with Crippen LogP contribution >= 0.6 is 0 Å². The van der Waals surface area contributed by atoms with E-state index in [-0.39, 0.29) is 17.3 Å². The Hall–Kier alpha value is -3.65. The van der Waals surface area contributed by atoms with E-state index in [9.17, 15) is 18.0 Å². The van der Waals surface area contributed by atoms with E-state index in [1.807, 2.05) is 71.0 Å². The minimum Gasteiger partial charge on any atom is -0.354 e. The second-order valence-electron chi connectivity index (χ2n) is 10.2. The lowest BCUT2D eigenvalue weighted by Crippen LogP contribution is -2.53. The van der Waals surface area contributed by atoms with Gasteiger partial charge in [0.05, 0.1) is 10.6 Å². The number of aryl methyl sites for hydroxylation is 3. The molecular weight excluding hydrogens is 522 g/mol. The molecular formula is C32H41N3O4S. The van der Waals surface area contributed by atoms with Crippen molar-refractivity contribution >= 4 is 27.5 Å². The lowest BCUT2D eigenvalue weighted by atomic mass is 10.1. The Morgan fingerprint density at radius 1 is 0.850 bits per heavy atom. The van der Waals surface area contributed by atoms with Gasteiger partial charge in [-0.2, -0.15) is 0 Å². The summed E-state index contributed by atoms with van der Waals surface area (Å²) in [5.41, 5.74) is 4.15. The summed E-state index contributed by atoms with van der Waals surface area (Å²) in [6, 6.07) is 21.1. The molecule has 0 aliphatic heterocycles. The standard InChI is InChI=1S/C32H41N3O4S/c1-6-18-33-32(37)30(7-2)34(19-17-27-11-9-8-10-12-27)31(36)23-35(28-21-25(4)20-26(5)22-28)40(38,39)29-15-13-24(3)14-16-29/h8-16,20-22,30H,6-7,17-19,23H2,1-5H3,(H,33,37)/t30-/m0/s1. The van der Waals surface area contributed by atoms with E-state index in [1.165, 1.54) is 9.21 Å². The lowest BCUT2D eigenvalue weighted by molar-refractivity contribution is -0.139. The van der Waals surface area contributed by atoms with Crippen LogP contribution in [0, 0.1) is 20.8 Å². The summed E-state index contributed by atoms with van der Waals surface area (Å²) >= 11 is 0. The van der Waals surface area contributed by atoms with Gasteiger partial charge in [-0.3, -0.25) is 13.9 Å². The summed E-state index contributed by atoms with van der Waals surface area (Å²) in [5, 5.41) is 2.91. The van der Waals surface area contributed by atoms with Crippen LogP contribution in [0.5, 0.6) is 0 Å². The highest BCUT2D eigenvalue weighted by molar-refractivity contribution is 7.92. The molecule has 0 saturated heterocycles. The van der Waals surface area contributed by atoms with Crippen molar-refractivity contribution in [2.45, 2.75) is 64.8 Å². The highest BCUT2D eigenvalue weighted by Gasteiger charge is 2.33. The number of hydrogen-bond acceptors (Lipinski definition) is 4. The molecule has 40 heavy (non-hydrogen) atoms. The first-order valence-corrected chi connectivity index (χ1v) is 15.3. The van der Waals surface area contributed by atoms with Gasteiger partial charge in [-0.1, -0.05) is 67.9 Å². The maximum Gasteiger partial charge on any atom is 0.264 e. The zero-order valence-corrected chi connectivity index (χ0v) is 25.0. The van der Waals surface area contributed by atoms with Crippen molar-refractivity contribution in [3.8, 4) is 0 Å². The van der Waals surface area contributed by atoms with Gasteiger partial charge in [0.25, 0.3) is 10.0 Å². The Balaban J connectivity index is 2.03. The van der Waals surface area contributed by atoms with Crippen molar-refractivity contribution in [2.75, 3.05) is 23.9 Å². The van der Waals surface area contributed by atoms with Gasteiger partial charge in [0.15, 0.2) is 0 Å². The predicted octanol–water partition coefficient (Wildman–Crippen LogP) is 5.18. The van der Waals surface area contributed by atoms with E-state index in [1.54, 1.807) is 36.4 Å². The number of carbonyl (C=O) groups excluding carboxylic acids is 2. The van der Waals surface area contributed by atoms with Gasteiger partial charge in [0.2, 0.25) is 11.8 Å². The van der Waals surface area contributed by atoms with Gasteiger partial charge in [-0.05, 0) is 81.0 Å². The van der Waals surface area contributed by atoms with Gasteiger partial charge in [-0.25, -0.2) is 8.42 Å². The number of nitrogens with zero attached hydrogens (tertiary/aromatic N) is 2. The van der Waals surface area contributed by atoms with Gasteiger partial charge in [-0.15, -0.1) is 0 Å². The average molecular weight is 564 g/mol. The van der Waals surface area contributed by atoms with E-state index in [0.29, 0.717) is 25.1 Å². The molecule has 7 nitrogen and oxygen atoms in total. The van der Waals surface area contributed by atoms with Crippen LogP contribution in [-0.4, -0.2) is 50.8 Å². The average Bonchev–Trinajstić information content (AvgIpc) is 2.92. The number of nitrogens with one attached hydrogen (secondary N) is 1. The Kier molecular flexibility index (Phi) is 10.9. The Labute approximate surface area is 239 Å². The summed E-state index contributed by atoms with van der Waals surface area (Å²) in [6.45, 7) is 9.88. The molecule has 0 aromatic heterocycles. The van der Waals surface area contributed by atoms with Crippen LogP contribution in [0.15, 0.2) is 77.7 Å². The molecule has 2 amide bonds. The third-order valence-corrected chi connectivity index (χ3v) is 8.59. The molecule has 0 bridgehead atoms. The first-order chi connectivity index (χ1) is 19.1. The topological polar surface area (TPSA) is 86.8 Å². The quantitative estimate of drug-likeness (QED) is 0.310. The summed E-state index contributed by atoms with van der Waals surface area (Å²) in [7, 11) is -4.08. The molecule has 3 aromatic carbocycles. The van der Waals surface area contributed by atoms with Crippen LogP contribution in [-0.2, 0) is 26.0 Å². The molecule has 0 fully saturated rings. The summed E-state index contributed by atoms with van der Waals surface area (Å²) in [6.07, 6.45) is 1.72. The summed E-state index contributed by atoms with van der Waals surface area (Å²) < 4.78 is 29.2. The molecule has 0 radical (unpaired) electrons. The largest absolute Gasteiger partial charge is 0.354 e. The maximum absolute atomic E-state index is 14.1. The smallest absolute Gasteiger partial charge is 0.264 e. The first kappa shape index (κ1) is 30.9. The molecule has 0 aliphatic rings.